The van der Waals surface area contributed by atoms with E-state index in [9.17, 15) is 0 Å². The van der Waals surface area contributed by atoms with Gasteiger partial charge >= 0.3 is 0 Å². The fourth-order valence-corrected chi connectivity index (χ4v) is 1.44. The van der Waals surface area contributed by atoms with Crippen LogP contribution in [0.2, 0.25) is 0 Å². The molecule has 0 radical (unpaired) electrons. The average Bonchev–Trinajstić information content (AvgIpc) is 2.56. The van der Waals surface area contributed by atoms with Crippen LogP contribution in [0.25, 0.3) is 22.3 Å². The van der Waals surface area contributed by atoms with Gasteiger partial charge in [0, 0.05) is 24.8 Å². The van der Waals surface area contributed by atoms with E-state index in [4.69, 9.17) is 0 Å². The molecule has 4 rings (SSSR count). The SMILES string of the molecule is c1cnc2nccnc2n1.c1ncc2ncncc2n1. The summed E-state index contributed by atoms with van der Waals surface area (Å²) >= 11 is 0. The molecule has 0 amide bonds. The van der Waals surface area contributed by atoms with Crippen molar-refractivity contribution in [3.05, 3.63) is 49.8 Å². The minimum Gasteiger partial charge on any atom is -0.243 e. The zero-order valence-electron chi connectivity index (χ0n) is 10.2. The Morgan fingerprint density at radius 3 is 1.30 bits per heavy atom. The fraction of sp³-hybridized carbons (Fsp3) is 0. The molecule has 0 aliphatic carbocycles. The standard InChI is InChI=1S/2C6H4N4/c1-5-6(10-3-7-1)2-8-4-9-5;1-2-8-6-5(7-1)9-3-4-10-6/h2*1-4H. The Balaban J connectivity index is 0.000000121. The number of fused-ring (bicyclic) bond motifs is 2. The third-order valence-corrected chi connectivity index (χ3v) is 2.30. The van der Waals surface area contributed by atoms with E-state index in [2.05, 4.69) is 39.9 Å². The lowest BCUT2D eigenvalue weighted by atomic mass is 10.4. The first-order chi connectivity index (χ1) is 9.93. The predicted octanol–water partition coefficient (Wildman–Crippen LogP) is 0.840. The molecule has 4 aromatic heterocycles. The van der Waals surface area contributed by atoms with E-state index in [0.29, 0.717) is 11.3 Å². The molecule has 0 saturated heterocycles. The molecule has 0 atom stereocenters. The summed E-state index contributed by atoms with van der Waals surface area (Å²) in [5, 5.41) is 0. The zero-order valence-corrected chi connectivity index (χ0v) is 10.2. The Morgan fingerprint density at radius 1 is 0.500 bits per heavy atom. The third kappa shape index (κ3) is 2.64. The maximum absolute atomic E-state index is 3.95. The minimum absolute atomic E-state index is 0.588. The van der Waals surface area contributed by atoms with Crippen LogP contribution in [-0.2, 0) is 0 Å². The van der Waals surface area contributed by atoms with Crippen molar-refractivity contribution in [2.24, 2.45) is 0 Å². The molecule has 0 aromatic carbocycles. The van der Waals surface area contributed by atoms with E-state index in [1.165, 1.54) is 12.7 Å². The quantitative estimate of drug-likeness (QED) is 0.460. The van der Waals surface area contributed by atoms with Crippen LogP contribution >= 0.6 is 0 Å². The first-order valence-corrected chi connectivity index (χ1v) is 5.67. The first-order valence-electron chi connectivity index (χ1n) is 5.67. The topological polar surface area (TPSA) is 103 Å². The molecule has 4 aromatic rings. The molecule has 0 saturated carbocycles. The number of rotatable bonds is 0. The van der Waals surface area contributed by atoms with Crippen LogP contribution in [-0.4, -0.2) is 39.9 Å². The number of aromatic nitrogens is 8. The summed E-state index contributed by atoms with van der Waals surface area (Å²) in [6, 6.07) is 0. The van der Waals surface area contributed by atoms with Crippen molar-refractivity contribution in [2.75, 3.05) is 0 Å². The van der Waals surface area contributed by atoms with Gasteiger partial charge in [0.25, 0.3) is 0 Å². The molecular formula is C12H8N8. The Labute approximate surface area is 113 Å². The van der Waals surface area contributed by atoms with Gasteiger partial charge in [-0.05, 0) is 0 Å². The van der Waals surface area contributed by atoms with Crippen molar-refractivity contribution >= 4 is 22.3 Å². The van der Waals surface area contributed by atoms with Crippen LogP contribution in [0.4, 0.5) is 0 Å². The van der Waals surface area contributed by atoms with Gasteiger partial charge in [-0.1, -0.05) is 0 Å². The summed E-state index contributed by atoms with van der Waals surface area (Å²) in [4.78, 5) is 31.3. The Kier molecular flexibility index (Phi) is 3.36. The van der Waals surface area contributed by atoms with E-state index in [1.807, 2.05) is 0 Å². The van der Waals surface area contributed by atoms with E-state index < -0.39 is 0 Å². The molecule has 96 valence electrons. The number of nitrogens with zero attached hydrogens (tertiary/aromatic N) is 8. The van der Waals surface area contributed by atoms with Crippen LogP contribution in [0.15, 0.2) is 49.8 Å². The lowest BCUT2D eigenvalue weighted by Crippen LogP contribution is -1.87. The molecule has 0 aliphatic heterocycles. The van der Waals surface area contributed by atoms with E-state index in [-0.39, 0.29) is 0 Å². The van der Waals surface area contributed by atoms with Crippen molar-refractivity contribution in [1.29, 1.82) is 0 Å². The maximum atomic E-state index is 3.95. The van der Waals surface area contributed by atoms with Gasteiger partial charge in [0.1, 0.15) is 23.7 Å². The van der Waals surface area contributed by atoms with Gasteiger partial charge in [-0.3, -0.25) is 0 Å². The summed E-state index contributed by atoms with van der Waals surface area (Å²) < 4.78 is 0. The molecule has 0 aliphatic rings. The summed E-state index contributed by atoms with van der Waals surface area (Å²) in [7, 11) is 0. The summed E-state index contributed by atoms with van der Waals surface area (Å²) in [5.41, 5.74) is 2.73. The molecule has 8 heteroatoms. The highest BCUT2D eigenvalue weighted by atomic mass is 15.0. The van der Waals surface area contributed by atoms with Crippen LogP contribution in [0.1, 0.15) is 0 Å². The van der Waals surface area contributed by atoms with Crippen molar-refractivity contribution in [3.63, 3.8) is 0 Å². The summed E-state index contributed by atoms with van der Waals surface area (Å²) in [5.74, 6) is 0. The zero-order chi connectivity index (χ0) is 13.6. The first kappa shape index (κ1) is 11.9. The smallest absolute Gasteiger partial charge is 0.197 e. The van der Waals surface area contributed by atoms with Crippen LogP contribution in [0.5, 0.6) is 0 Å². The Morgan fingerprint density at radius 2 is 0.900 bits per heavy atom. The minimum atomic E-state index is 0.588. The number of hydrogen-bond acceptors (Lipinski definition) is 8. The highest BCUT2D eigenvalue weighted by Gasteiger charge is 1.91. The van der Waals surface area contributed by atoms with Crippen molar-refractivity contribution in [2.45, 2.75) is 0 Å². The molecule has 0 fully saturated rings. The van der Waals surface area contributed by atoms with Crippen molar-refractivity contribution < 1.29 is 0 Å². The van der Waals surface area contributed by atoms with Crippen molar-refractivity contribution in [3.8, 4) is 0 Å². The van der Waals surface area contributed by atoms with Crippen LogP contribution in [0, 0.1) is 0 Å². The summed E-state index contributed by atoms with van der Waals surface area (Å²) in [6.07, 6.45) is 12.6. The second-order valence-electron chi connectivity index (χ2n) is 3.58. The van der Waals surface area contributed by atoms with Gasteiger partial charge in [0.2, 0.25) is 0 Å². The molecule has 0 unspecified atom stereocenters. The highest BCUT2D eigenvalue weighted by Crippen LogP contribution is 2.00. The largest absolute Gasteiger partial charge is 0.243 e. The second-order valence-corrected chi connectivity index (χ2v) is 3.58. The van der Waals surface area contributed by atoms with Crippen molar-refractivity contribution in [1.82, 2.24) is 39.9 Å². The monoisotopic (exact) mass is 264 g/mol. The molecule has 0 bridgehead atoms. The van der Waals surface area contributed by atoms with E-state index >= 15 is 0 Å². The van der Waals surface area contributed by atoms with Gasteiger partial charge in [-0.15, -0.1) is 0 Å². The molecule has 8 nitrogen and oxygen atoms in total. The van der Waals surface area contributed by atoms with Gasteiger partial charge in [0.15, 0.2) is 11.3 Å². The predicted molar refractivity (Wildman–Crippen MR) is 70.3 cm³/mol. The molecular weight excluding hydrogens is 256 g/mol. The van der Waals surface area contributed by atoms with E-state index in [1.54, 1.807) is 37.2 Å². The van der Waals surface area contributed by atoms with Gasteiger partial charge in [0.05, 0.1) is 12.4 Å². The number of hydrogen-bond donors (Lipinski definition) is 0. The van der Waals surface area contributed by atoms with Gasteiger partial charge in [-0.25, -0.2) is 39.9 Å². The second kappa shape index (κ2) is 5.65. The fourth-order valence-electron chi connectivity index (χ4n) is 1.44. The van der Waals surface area contributed by atoms with Crippen LogP contribution < -0.4 is 0 Å². The average molecular weight is 264 g/mol. The normalized spacial score (nSPS) is 10.0. The van der Waals surface area contributed by atoms with E-state index in [0.717, 1.165) is 11.0 Å². The third-order valence-electron chi connectivity index (χ3n) is 2.30. The summed E-state index contributed by atoms with van der Waals surface area (Å²) in [6.45, 7) is 0. The molecule has 20 heavy (non-hydrogen) atoms. The Hall–Kier alpha value is -3.16. The Bertz CT molecular complexity index is 633. The highest BCUT2D eigenvalue weighted by molar-refractivity contribution is 5.70. The lowest BCUT2D eigenvalue weighted by molar-refractivity contribution is 1.15. The van der Waals surface area contributed by atoms with Crippen LogP contribution in [0.3, 0.4) is 0 Å². The lowest BCUT2D eigenvalue weighted by Gasteiger charge is -1.89. The van der Waals surface area contributed by atoms with Gasteiger partial charge < -0.3 is 0 Å². The maximum Gasteiger partial charge on any atom is 0.197 e. The molecule has 4 heterocycles. The van der Waals surface area contributed by atoms with Gasteiger partial charge in [-0.2, -0.15) is 0 Å². The molecule has 0 N–H and O–H groups in total. The molecule has 0 spiro atoms.